The third kappa shape index (κ3) is 6.39. The first-order valence-electron chi connectivity index (χ1n) is 11.2. The molecule has 170 valence electrons. The molecule has 0 amide bonds. The number of hydrogen-bond donors (Lipinski definition) is 2. The van der Waals surface area contributed by atoms with Crippen molar-refractivity contribution in [3.8, 4) is 11.5 Å². The molecule has 31 heavy (non-hydrogen) atoms. The summed E-state index contributed by atoms with van der Waals surface area (Å²) < 4.78 is 17.8. The molecule has 1 fully saturated rings. The van der Waals surface area contributed by atoms with Gasteiger partial charge in [0.15, 0.2) is 17.5 Å². The molecule has 2 aromatic rings. The lowest BCUT2D eigenvalue weighted by Crippen LogP contribution is -2.36. The van der Waals surface area contributed by atoms with Crippen molar-refractivity contribution >= 4 is 5.96 Å². The number of methoxy groups -OCH3 is 1. The van der Waals surface area contributed by atoms with E-state index in [1.54, 1.807) is 13.3 Å². The zero-order valence-corrected chi connectivity index (χ0v) is 19.5. The summed E-state index contributed by atoms with van der Waals surface area (Å²) in [7, 11) is 1.68. The van der Waals surface area contributed by atoms with E-state index in [2.05, 4.69) is 36.4 Å². The summed E-state index contributed by atoms with van der Waals surface area (Å²) in [5.74, 6) is 3.78. The van der Waals surface area contributed by atoms with Gasteiger partial charge in [-0.05, 0) is 38.7 Å². The van der Waals surface area contributed by atoms with Gasteiger partial charge in [0.25, 0.3) is 0 Å². The van der Waals surface area contributed by atoms with Gasteiger partial charge in [-0.2, -0.15) is 0 Å². The van der Waals surface area contributed by atoms with Crippen LogP contribution < -0.4 is 20.1 Å². The van der Waals surface area contributed by atoms with Gasteiger partial charge in [0.05, 0.1) is 32.5 Å². The number of guanidine groups is 1. The van der Waals surface area contributed by atoms with E-state index in [9.17, 15) is 0 Å². The zero-order chi connectivity index (χ0) is 22.3. The molecule has 7 nitrogen and oxygen atoms in total. The minimum atomic E-state index is -0.0636. The summed E-state index contributed by atoms with van der Waals surface area (Å²) in [6.45, 7) is 10.1. The fraction of sp³-hybridized carbons (Fsp3) is 0.583. The molecule has 0 aliphatic heterocycles. The lowest BCUT2D eigenvalue weighted by molar-refractivity contribution is 0.198. The molecule has 1 heterocycles. The fourth-order valence-electron chi connectivity index (χ4n) is 3.56. The highest BCUT2D eigenvalue weighted by Crippen LogP contribution is 2.35. The fourth-order valence-corrected chi connectivity index (χ4v) is 3.56. The third-order valence-electron chi connectivity index (χ3n) is 5.32. The van der Waals surface area contributed by atoms with Gasteiger partial charge in [-0.15, -0.1) is 0 Å². The molecule has 1 aromatic heterocycles. The molecule has 7 heteroatoms. The summed E-state index contributed by atoms with van der Waals surface area (Å²) in [6, 6.07) is 5.96. The van der Waals surface area contributed by atoms with Crippen molar-refractivity contribution in [1.82, 2.24) is 15.6 Å². The van der Waals surface area contributed by atoms with Crippen LogP contribution in [-0.2, 0) is 18.5 Å². The Bertz CT molecular complexity index is 864. The SMILES string of the molecule is CCNC(=NCc1cccc(OC)c1OC1CCCC1)NCc1ncc(C(C)(C)C)o1. The number of para-hydroxylation sites is 1. The Morgan fingerprint density at radius 3 is 2.65 bits per heavy atom. The standard InChI is InChI=1S/C24H36N4O3/c1-6-25-23(28-16-21-26-15-20(31-21)24(2,3)4)27-14-17-10-9-13-19(29-5)22(17)30-18-11-7-8-12-18/h9-10,13,15,18H,6-8,11-12,14,16H2,1-5H3,(H2,25,27,28). The highest BCUT2D eigenvalue weighted by molar-refractivity contribution is 5.79. The van der Waals surface area contributed by atoms with Crippen molar-refractivity contribution in [3.05, 3.63) is 41.6 Å². The second-order valence-corrected chi connectivity index (χ2v) is 8.89. The number of rotatable bonds is 8. The minimum absolute atomic E-state index is 0.0636. The lowest BCUT2D eigenvalue weighted by atomic mass is 9.94. The maximum absolute atomic E-state index is 6.32. The van der Waals surface area contributed by atoms with Gasteiger partial charge in [0.1, 0.15) is 5.76 Å². The van der Waals surface area contributed by atoms with Crippen LogP contribution >= 0.6 is 0 Å². The highest BCUT2D eigenvalue weighted by Gasteiger charge is 2.21. The van der Waals surface area contributed by atoms with Crippen molar-refractivity contribution in [1.29, 1.82) is 0 Å². The van der Waals surface area contributed by atoms with Gasteiger partial charge in [0.2, 0.25) is 5.89 Å². The van der Waals surface area contributed by atoms with E-state index in [0.717, 1.165) is 42.2 Å². The van der Waals surface area contributed by atoms with E-state index >= 15 is 0 Å². The second kappa shape index (κ2) is 10.6. The molecule has 3 rings (SSSR count). The maximum Gasteiger partial charge on any atom is 0.213 e. The predicted octanol–water partition coefficient (Wildman–Crippen LogP) is 4.56. The zero-order valence-electron chi connectivity index (χ0n) is 19.5. The molecule has 1 aliphatic rings. The lowest BCUT2D eigenvalue weighted by Gasteiger charge is -2.19. The Balaban J connectivity index is 1.70. The van der Waals surface area contributed by atoms with Crippen LogP contribution in [0, 0.1) is 0 Å². The van der Waals surface area contributed by atoms with Crippen molar-refractivity contribution in [2.24, 2.45) is 4.99 Å². The van der Waals surface area contributed by atoms with Crippen LogP contribution in [0.2, 0.25) is 0 Å². The van der Waals surface area contributed by atoms with Crippen molar-refractivity contribution < 1.29 is 13.9 Å². The molecule has 1 aromatic carbocycles. The van der Waals surface area contributed by atoms with Crippen LogP contribution in [0.5, 0.6) is 11.5 Å². The summed E-state index contributed by atoms with van der Waals surface area (Å²) >= 11 is 0. The molecule has 0 atom stereocenters. The molecule has 0 bridgehead atoms. The molecule has 2 N–H and O–H groups in total. The number of nitrogens with zero attached hydrogens (tertiary/aromatic N) is 2. The number of aromatic nitrogens is 1. The van der Waals surface area contributed by atoms with Gasteiger partial charge in [0, 0.05) is 17.5 Å². The molecule has 1 saturated carbocycles. The van der Waals surface area contributed by atoms with E-state index in [0.29, 0.717) is 24.9 Å². The van der Waals surface area contributed by atoms with Crippen molar-refractivity contribution in [2.75, 3.05) is 13.7 Å². The van der Waals surface area contributed by atoms with E-state index in [1.807, 2.05) is 25.1 Å². The predicted molar refractivity (Wildman–Crippen MR) is 123 cm³/mol. The first-order chi connectivity index (χ1) is 14.9. The number of aliphatic imine (C=N–C) groups is 1. The van der Waals surface area contributed by atoms with E-state index < -0.39 is 0 Å². The van der Waals surface area contributed by atoms with Gasteiger partial charge in [-0.25, -0.2) is 9.98 Å². The smallest absolute Gasteiger partial charge is 0.213 e. The average Bonchev–Trinajstić information content (AvgIpc) is 3.42. The van der Waals surface area contributed by atoms with Gasteiger partial charge in [-0.3, -0.25) is 0 Å². The summed E-state index contributed by atoms with van der Waals surface area (Å²) in [5.41, 5.74) is 0.945. The Labute approximate surface area is 185 Å². The Hall–Kier alpha value is -2.70. The molecule has 0 saturated heterocycles. The molecular weight excluding hydrogens is 392 g/mol. The monoisotopic (exact) mass is 428 g/mol. The summed E-state index contributed by atoms with van der Waals surface area (Å²) in [6.07, 6.45) is 6.69. The molecular formula is C24H36N4O3. The largest absolute Gasteiger partial charge is 0.493 e. The number of oxazole rings is 1. The second-order valence-electron chi connectivity index (χ2n) is 8.89. The Morgan fingerprint density at radius 1 is 1.23 bits per heavy atom. The Morgan fingerprint density at radius 2 is 2.00 bits per heavy atom. The number of hydrogen-bond acceptors (Lipinski definition) is 5. The van der Waals surface area contributed by atoms with E-state index in [4.69, 9.17) is 18.9 Å². The van der Waals surface area contributed by atoms with Crippen LogP contribution in [0.15, 0.2) is 33.8 Å². The number of ether oxygens (including phenoxy) is 2. The summed E-state index contributed by atoms with van der Waals surface area (Å²) in [5, 5.41) is 6.58. The molecule has 1 aliphatic carbocycles. The first-order valence-corrected chi connectivity index (χ1v) is 11.2. The summed E-state index contributed by atoms with van der Waals surface area (Å²) in [4.78, 5) is 9.13. The van der Waals surface area contributed by atoms with Crippen LogP contribution in [0.4, 0.5) is 0 Å². The maximum atomic E-state index is 6.32. The first kappa shape index (κ1) is 23.0. The van der Waals surface area contributed by atoms with Gasteiger partial charge < -0.3 is 24.5 Å². The van der Waals surface area contributed by atoms with Crippen LogP contribution in [-0.4, -0.2) is 30.7 Å². The van der Waals surface area contributed by atoms with E-state index in [1.165, 1.54) is 12.8 Å². The molecule has 0 unspecified atom stereocenters. The van der Waals surface area contributed by atoms with Crippen LogP contribution in [0.1, 0.15) is 70.6 Å². The molecule has 0 radical (unpaired) electrons. The minimum Gasteiger partial charge on any atom is -0.493 e. The highest BCUT2D eigenvalue weighted by atomic mass is 16.5. The molecule has 0 spiro atoms. The van der Waals surface area contributed by atoms with Crippen LogP contribution in [0.25, 0.3) is 0 Å². The van der Waals surface area contributed by atoms with Gasteiger partial charge >= 0.3 is 0 Å². The average molecular weight is 429 g/mol. The normalized spacial score (nSPS) is 15.2. The quantitative estimate of drug-likeness (QED) is 0.474. The van der Waals surface area contributed by atoms with E-state index in [-0.39, 0.29) is 11.5 Å². The van der Waals surface area contributed by atoms with Crippen LogP contribution in [0.3, 0.4) is 0 Å². The van der Waals surface area contributed by atoms with Crippen molar-refractivity contribution in [2.45, 2.75) is 78.0 Å². The van der Waals surface area contributed by atoms with Crippen molar-refractivity contribution in [3.63, 3.8) is 0 Å². The number of nitrogens with one attached hydrogen (secondary N) is 2. The topological polar surface area (TPSA) is 80.9 Å². The number of benzene rings is 1. The Kier molecular flexibility index (Phi) is 7.82. The third-order valence-corrected chi connectivity index (χ3v) is 5.32. The van der Waals surface area contributed by atoms with Gasteiger partial charge in [-0.1, -0.05) is 32.9 Å².